The van der Waals surface area contributed by atoms with Crippen molar-refractivity contribution in [2.24, 2.45) is 0 Å². The number of amides is 2. The smallest absolute Gasteiger partial charge is 0.408 e. The summed E-state index contributed by atoms with van der Waals surface area (Å²) in [5.41, 5.74) is 0.274. The number of hydrogen-bond acceptors (Lipinski definition) is 7. The highest BCUT2D eigenvalue weighted by Crippen LogP contribution is 2.23. The van der Waals surface area contributed by atoms with E-state index >= 15 is 0 Å². The van der Waals surface area contributed by atoms with Crippen molar-refractivity contribution in [3.05, 3.63) is 29.8 Å². The molecule has 1 N–H and O–H groups in total. The minimum absolute atomic E-state index is 0.0821. The van der Waals surface area contributed by atoms with Gasteiger partial charge in [-0.3, -0.25) is 9.69 Å². The Morgan fingerprint density at radius 3 is 2.17 bits per heavy atom. The lowest BCUT2D eigenvalue weighted by atomic mass is 10.0. The number of benzene rings is 1. The molecule has 2 heterocycles. The van der Waals surface area contributed by atoms with Crippen molar-refractivity contribution in [2.45, 2.75) is 84.1 Å². The van der Waals surface area contributed by atoms with E-state index < -0.39 is 29.3 Å². The van der Waals surface area contributed by atoms with Crippen molar-refractivity contribution in [2.75, 3.05) is 37.7 Å². The number of anilines is 1. The molecule has 2 aliphatic heterocycles. The van der Waals surface area contributed by atoms with Gasteiger partial charge in [0.1, 0.15) is 17.2 Å². The van der Waals surface area contributed by atoms with E-state index in [1.807, 2.05) is 29.2 Å². The van der Waals surface area contributed by atoms with Crippen molar-refractivity contribution in [3.63, 3.8) is 0 Å². The highest BCUT2D eigenvalue weighted by Gasteiger charge is 2.31. The summed E-state index contributed by atoms with van der Waals surface area (Å²) >= 11 is 0. The van der Waals surface area contributed by atoms with Crippen LogP contribution in [0.2, 0.25) is 0 Å². The number of nitrogens with zero attached hydrogens (tertiary/aromatic N) is 2. The highest BCUT2D eigenvalue weighted by atomic mass is 16.6. The fourth-order valence-corrected chi connectivity index (χ4v) is 4.39. The van der Waals surface area contributed by atoms with Gasteiger partial charge in [-0.15, -0.1) is 0 Å². The van der Waals surface area contributed by atoms with Crippen LogP contribution in [0, 0.1) is 0 Å². The molecular formula is C27H41N3O6. The van der Waals surface area contributed by atoms with E-state index in [0.29, 0.717) is 19.1 Å². The Kier molecular flexibility index (Phi) is 9.00. The summed E-state index contributed by atoms with van der Waals surface area (Å²) in [5.74, 6) is -0.449. The van der Waals surface area contributed by atoms with Crippen LogP contribution in [-0.2, 0) is 30.2 Å². The Bertz CT molecular complexity index is 913. The molecule has 0 aromatic heterocycles. The van der Waals surface area contributed by atoms with Crippen molar-refractivity contribution >= 4 is 23.7 Å². The molecule has 3 rings (SSSR count). The lowest BCUT2D eigenvalue weighted by Crippen LogP contribution is -2.54. The summed E-state index contributed by atoms with van der Waals surface area (Å²) in [6.07, 6.45) is 1.50. The van der Waals surface area contributed by atoms with Crippen LogP contribution in [0.3, 0.4) is 0 Å². The third-order valence-electron chi connectivity index (χ3n) is 6.03. The van der Waals surface area contributed by atoms with Crippen LogP contribution in [0.15, 0.2) is 24.3 Å². The third-order valence-corrected chi connectivity index (χ3v) is 6.03. The third kappa shape index (κ3) is 8.48. The molecule has 1 aromatic rings. The van der Waals surface area contributed by atoms with Gasteiger partial charge in [0, 0.05) is 44.5 Å². The molecular weight excluding hydrogens is 462 g/mol. The number of esters is 1. The Hall–Kier alpha value is -2.65. The minimum atomic E-state index is -0.908. The quantitative estimate of drug-likeness (QED) is 0.595. The Balaban J connectivity index is 1.64. The summed E-state index contributed by atoms with van der Waals surface area (Å²) in [7, 11) is 0. The number of nitrogens with one attached hydrogen (secondary N) is 1. The normalized spacial score (nSPS) is 19.1. The van der Waals surface area contributed by atoms with E-state index in [9.17, 15) is 14.4 Å². The van der Waals surface area contributed by atoms with Crippen LogP contribution < -0.4 is 10.2 Å². The van der Waals surface area contributed by atoms with Gasteiger partial charge in [0.15, 0.2) is 0 Å². The van der Waals surface area contributed by atoms with Crippen LogP contribution in [0.1, 0.15) is 59.9 Å². The van der Waals surface area contributed by atoms with E-state index in [-0.39, 0.29) is 12.3 Å². The largest absolute Gasteiger partial charge is 0.458 e. The van der Waals surface area contributed by atoms with Crippen LogP contribution in [0.4, 0.5) is 10.5 Å². The average Bonchev–Trinajstić information content (AvgIpc) is 2.77. The molecule has 2 saturated heterocycles. The molecule has 0 aliphatic carbocycles. The second-order valence-corrected chi connectivity index (χ2v) is 11.5. The first-order valence-corrected chi connectivity index (χ1v) is 12.7. The molecule has 1 unspecified atom stereocenters. The number of hydrogen-bond donors (Lipinski definition) is 1. The molecule has 1 aromatic carbocycles. The number of carbonyl (C=O) groups is 3. The number of rotatable bonds is 6. The molecule has 0 radical (unpaired) electrons. The lowest BCUT2D eigenvalue weighted by Gasteiger charge is -2.40. The van der Waals surface area contributed by atoms with Gasteiger partial charge in [-0.1, -0.05) is 12.1 Å². The lowest BCUT2D eigenvalue weighted by molar-refractivity contribution is -0.157. The molecule has 9 nitrogen and oxygen atoms in total. The average molecular weight is 504 g/mol. The first-order chi connectivity index (χ1) is 16.8. The molecule has 0 bridgehead atoms. The molecule has 0 saturated carbocycles. The fraction of sp³-hybridized carbons (Fsp3) is 0.667. The summed E-state index contributed by atoms with van der Waals surface area (Å²) in [6, 6.07) is 7.03. The second-order valence-electron chi connectivity index (χ2n) is 11.5. The zero-order valence-corrected chi connectivity index (χ0v) is 22.5. The zero-order chi connectivity index (χ0) is 26.5. The molecule has 36 heavy (non-hydrogen) atoms. The van der Waals surface area contributed by atoms with Crippen LogP contribution >= 0.6 is 0 Å². The summed E-state index contributed by atoms with van der Waals surface area (Å²) < 4.78 is 16.3. The summed E-state index contributed by atoms with van der Waals surface area (Å²) in [6.45, 7) is 14.0. The Morgan fingerprint density at radius 1 is 1.00 bits per heavy atom. The van der Waals surface area contributed by atoms with Gasteiger partial charge in [0.05, 0.1) is 6.54 Å². The maximum atomic E-state index is 12.9. The molecule has 2 fully saturated rings. The first-order valence-electron chi connectivity index (χ1n) is 12.7. The number of ether oxygens (including phenoxy) is 3. The van der Waals surface area contributed by atoms with E-state index in [0.717, 1.165) is 43.9 Å². The predicted molar refractivity (Wildman–Crippen MR) is 137 cm³/mol. The van der Waals surface area contributed by atoms with Gasteiger partial charge in [-0.2, -0.15) is 0 Å². The maximum absolute atomic E-state index is 12.9. The van der Waals surface area contributed by atoms with Crippen LogP contribution in [0.5, 0.6) is 0 Å². The topological polar surface area (TPSA) is 97.4 Å². The van der Waals surface area contributed by atoms with Gasteiger partial charge < -0.3 is 24.4 Å². The van der Waals surface area contributed by atoms with E-state index in [2.05, 4.69) is 10.2 Å². The van der Waals surface area contributed by atoms with E-state index in [4.69, 9.17) is 14.2 Å². The molecule has 9 heteroatoms. The Labute approximate surface area is 214 Å². The molecule has 1 atom stereocenters. The summed E-state index contributed by atoms with van der Waals surface area (Å²) in [4.78, 5) is 42.2. The number of alkyl carbamates (subject to hydrolysis) is 1. The van der Waals surface area contributed by atoms with Crippen molar-refractivity contribution in [3.8, 4) is 0 Å². The van der Waals surface area contributed by atoms with E-state index in [1.54, 1.807) is 41.5 Å². The second kappa shape index (κ2) is 11.6. The molecule has 200 valence electrons. The Morgan fingerprint density at radius 2 is 1.61 bits per heavy atom. The molecule has 2 aliphatic rings. The summed E-state index contributed by atoms with van der Waals surface area (Å²) in [5, 5.41) is 2.65. The van der Waals surface area contributed by atoms with Crippen molar-refractivity contribution in [1.29, 1.82) is 0 Å². The van der Waals surface area contributed by atoms with E-state index in [1.165, 1.54) is 0 Å². The van der Waals surface area contributed by atoms with Crippen LogP contribution in [0.25, 0.3) is 0 Å². The monoisotopic (exact) mass is 503 g/mol. The van der Waals surface area contributed by atoms with Gasteiger partial charge in [-0.05, 0) is 72.1 Å². The van der Waals surface area contributed by atoms with Gasteiger partial charge in [0.25, 0.3) is 0 Å². The zero-order valence-electron chi connectivity index (χ0n) is 22.5. The SMILES string of the molecule is CC(C)(C)OC(=O)NC(Cc1ccc(N2CCN(C3CCOCC3)CC2=O)cc1)C(=O)OC(C)(C)C. The number of piperazine rings is 1. The molecule has 2 amide bonds. The fourth-order valence-electron chi connectivity index (χ4n) is 4.39. The van der Waals surface area contributed by atoms with Crippen molar-refractivity contribution < 1.29 is 28.6 Å². The number of carbonyl (C=O) groups excluding carboxylic acids is 3. The first kappa shape index (κ1) is 27.9. The van der Waals surface area contributed by atoms with Crippen LogP contribution in [-0.4, -0.2) is 79.0 Å². The highest BCUT2D eigenvalue weighted by molar-refractivity contribution is 5.95. The maximum Gasteiger partial charge on any atom is 0.408 e. The molecule has 0 spiro atoms. The van der Waals surface area contributed by atoms with Crippen molar-refractivity contribution in [1.82, 2.24) is 10.2 Å². The minimum Gasteiger partial charge on any atom is -0.458 e. The van der Waals surface area contributed by atoms with Gasteiger partial charge in [0.2, 0.25) is 5.91 Å². The van der Waals surface area contributed by atoms with Gasteiger partial charge >= 0.3 is 12.1 Å². The standard InChI is InChI=1S/C27H41N3O6/c1-26(2,3)35-24(32)22(28-25(33)36-27(4,5)6)17-19-7-9-21(10-8-19)30-14-13-29(18-23(30)31)20-11-15-34-16-12-20/h7-10,20,22H,11-18H2,1-6H3,(H,28,33). The predicted octanol–water partition coefficient (Wildman–Crippen LogP) is 3.29. The van der Waals surface area contributed by atoms with Gasteiger partial charge in [-0.25, -0.2) is 9.59 Å².